The predicted molar refractivity (Wildman–Crippen MR) is 72.4 cm³/mol. The third-order valence-electron chi connectivity index (χ3n) is 2.76. The van der Waals surface area contributed by atoms with Crippen LogP contribution < -0.4 is 0 Å². The maximum Gasteiger partial charge on any atom is 0.335 e. The van der Waals surface area contributed by atoms with Gasteiger partial charge in [0, 0.05) is 11.1 Å². The van der Waals surface area contributed by atoms with E-state index in [0.717, 1.165) is 6.20 Å². The normalized spacial score (nSPS) is 12.1. The maximum atomic E-state index is 13.0. The fourth-order valence-corrected chi connectivity index (χ4v) is 2.84. The molecule has 0 radical (unpaired) electrons. The molecule has 4 nitrogen and oxygen atoms in total. The van der Waals surface area contributed by atoms with Crippen LogP contribution in [-0.4, -0.2) is 20.3 Å². The number of rotatable bonds is 4. The Bertz CT molecular complexity index is 688. The van der Waals surface area contributed by atoms with Gasteiger partial charge < -0.3 is 5.11 Å². The summed E-state index contributed by atoms with van der Waals surface area (Å²) in [6.45, 7) is 1.67. The van der Waals surface area contributed by atoms with Crippen molar-refractivity contribution in [2.24, 2.45) is 0 Å². The molecule has 1 aromatic heterocycles. The summed E-state index contributed by atoms with van der Waals surface area (Å²) >= 11 is 0. The summed E-state index contributed by atoms with van der Waals surface area (Å²) in [6, 6.07) is 5.88. The number of aromatic nitrogens is 1. The van der Waals surface area contributed by atoms with Gasteiger partial charge in [-0.05, 0) is 36.2 Å². The van der Waals surface area contributed by atoms with Crippen LogP contribution in [0.15, 0.2) is 41.6 Å². The molecule has 1 heterocycles. The van der Waals surface area contributed by atoms with Crippen LogP contribution >= 0.6 is 0 Å². The van der Waals surface area contributed by atoms with Gasteiger partial charge in [-0.2, -0.15) is 0 Å². The van der Waals surface area contributed by atoms with Gasteiger partial charge in [0.05, 0.1) is 28.3 Å². The Kier molecular flexibility index (Phi) is 4.24. The van der Waals surface area contributed by atoms with Crippen molar-refractivity contribution in [3.63, 3.8) is 0 Å². The summed E-state index contributed by atoms with van der Waals surface area (Å²) in [6.07, 6.45) is 2.51. The molecular weight excluding hydrogens is 281 g/mol. The molecule has 0 aliphatic heterocycles. The van der Waals surface area contributed by atoms with Gasteiger partial charge in [0.25, 0.3) is 0 Å². The Morgan fingerprint density at radius 3 is 2.75 bits per heavy atom. The Balaban J connectivity index is 2.26. The minimum Gasteiger partial charge on any atom is -0.478 e. The van der Waals surface area contributed by atoms with Gasteiger partial charge in [0.1, 0.15) is 5.82 Å². The fourth-order valence-electron chi connectivity index (χ4n) is 1.74. The highest BCUT2D eigenvalue weighted by Gasteiger charge is 2.12. The monoisotopic (exact) mass is 293 g/mol. The molecule has 0 fully saturated rings. The van der Waals surface area contributed by atoms with E-state index in [-0.39, 0.29) is 11.3 Å². The molecule has 1 N–H and O–H groups in total. The maximum absolute atomic E-state index is 13.0. The highest BCUT2D eigenvalue weighted by atomic mass is 32.2. The Labute approximate surface area is 117 Å². The van der Waals surface area contributed by atoms with Crippen molar-refractivity contribution >= 4 is 16.8 Å². The second-order valence-corrected chi connectivity index (χ2v) is 5.73. The van der Waals surface area contributed by atoms with Crippen LogP contribution in [0, 0.1) is 12.7 Å². The average Bonchev–Trinajstić information content (AvgIpc) is 2.38. The summed E-state index contributed by atoms with van der Waals surface area (Å²) in [5.74, 6) is -1.46. The highest BCUT2D eigenvalue weighted by molar-refractivity contribution is 7.84. The number of hydrogen-bond acceptors (Lipinski definition) is 3. The minimum absolute atomic E-state index is 0.0902. The number of nitrogens with zero attached hydrogens (tertiary/aromatic N) is 1. The molecule has 0 amide bonds. The standard InChI is InChI=1S/C14H12FNO3S/c1-9-2-3-12(5-13(9)14(17)18)20(19)8-10-4-11(15)7-16-6-10/h2-7H,8H2,1H3,(H,17,18). The van der Waals surface area contributed by atoms with Crippen molar-refractivity contribution in [1.82, 2.24) is 4.98 Å². The van der Waals surface area contributed by atoms with E-state index in [2.05, 4.69) is 4.98 Å². The van der Waals surface area contributed by atoms with Crippen molar-refractivity contribution in [2.75, 3.05) is 0 Å². The number of pyridine rings is 1. The van der Waals surface area contributed by atoms with Gasteiger partial charge in [0.15, 0.2) is 0 Å². The summed E-state index contributed by atoms with van der Waals surface area (Å²) in [4.78, 5) is 15.1. The zero-order valence-electron chi connectivity index (χ0n) is 10.7. The van der Waals surface area contributed by atoms with Gasteiger partial charge in [-0.3, -0.25) is 9.19 Å². The molecule has 1 aromatic carbocycles. The summed E-state index contributed by atoms with van der Waals surface area (Å²) in [7, 11) is -1.45. The SMILES string of the molecule is Cc1ccc(S(=O)Cc2cncc(F)c2)cc1C(=O)O. The molecule has 2 rings (SSSR count). The van der Waals surface area contributed by atoms with Crippen LogP contribution in [0.3, 0.4) is 0 Å². The Morgan fingerprint density at radius 2 is 2.10 bits per heavy atom. The molecule has 104 valence electrons. The molecule has 0 aliphatic carbocycles. The van der Waals surface area contributed by atoms with Crippen LogP contribution in [0.1, 0.15) is 21.5 Å². The number of aryl methyl sites for hydroxylation is 1. The predicted octanol–water partition coefficient (Wildman–Crippen LogP) is 2.54. The van der Waals surface area contributed by atoms with Crippen molar-refractivity contribution in [3.8, 4) is 0 Å². The average molecular weight is 293 g/mol. The molecule has 0 aliphatic rings. The summed E-state index contributed by atoms with van der Waals surface area (Å²) in [5.41, 5.74) is 1.22. The number of carbonyl (C=O) groups is 1. The largest absolute Gasteiger partial charge is 0.478 e. The Morgan fingerprint density at radius 1 is 1.35 bits per heavy atom. The third kappa shape index (κ3) is 3.27. The number of aromatic carboxylic acids is 1. The van der Waals surface area contributed by atoms with Crippen LogP contribution in [0.4, 0.5) is 4.39 Å². The number of halogens is 1. The first kappa shape index (κ1) is 14.3. The van der Waals surface area contributed by atoms with Crippen molar-refractivity contribution in [3.05, 3.63) is 59.2 Å². The van der Waals surface area contributed by atoms with E-state index in [0.29, 0.717) is 16.0 Å². The lowest BCUT2D eigenvalue weighted by Gasteiger charge is -2.06. The van der Waals surface area contributed by atoms with E-state index < -0.39 is 22.6 Å². The third-order valence-corrected chi connectivity index (χ3v) is 4.14. The number of carboxylic acids is 1. The van der Waals surface area contributed by atoms with E-state index in [9.17, 15) is 13.4 Å². The first-order valence-corrected chi connectivity index (χ1v) is 7.11. The van der Waals surface area contributed by atoms with Gasteiger partial charge >= 0.3 is 5.97 Å². The topological polar surface area (TPSA) is 67.3 Å². The molecule has 6 heteroatoms. The molecule has 0 spiro atoms. The van der Waals surface area contributed by atoms with E-state index in [1.165, 1.54) is 18.3 Å². The summed E-state index contributed by atoms with van der Waals surface area (Å²) < 4.78 is 25.2. The lowest BCUT2D eigenvalue weighted by molar-refractivity contribution is 0.0696. The van der Waals surface area contributed by atoms with Crippen molar-refractivity contribution in [2.45, 2.75) is 17.6 Å². The van der Waals surface area contributed by atoms with Gasteiger partial charge in [-0.15, -0.1) is 0 Å². The van der Waals surface area contributed by atoms with Gasteiger partial charge in [-0.1, -0.05) is 6.07 Å². The molecule has 0 bridgehead atoms. The van der Waals surface area contributed by atoms with E-state index in [4.69, 9.17) is 5.11 Å². The van der Waals surface area contributed by atoms with E-state index >= 15 is 0 Å². The minimum atomic E-state index is -1.45. The van der Waals surface area contributed by atoms with Crippen LogP contribution in [-0.2, 0) is 16.6 Å². The number of hydrogen-bond donors (Lipinski definition) is 1. The van der Waals surface area contributed by atoms with Crippen LogP contribution in [0.25, 0.3) is 0 Å². The van der Waals surface area contributed by atoms with Crippen LogP contribution in [0.2, 0.25) is 0 Å². The van der Waals surface area contributed by atoms with Gasteiger partial charge in [-0.25, -0.2) is 9.18 Å². The second-order valence-electron chi connectivity index (χ2n) is 4.28. The summed E-state index contributed by atoms with van der Waals surface area (Å²) in [5, 5.41) is 9.04. The number of carboxylic acid groups (broad SMARTS) is 1. The lowest BCUT2D eigenvalue weighted by atomic mass is 10.1. The van der Waals surface area contributed by atoms with Crippen molar-refractivity contribution < 1.29 is 18.5 Å². The first-order valence-electron chi connectivity index (χ1n) is 5.79. The van der Waals surface area contributed by atoms with Crippen LogP contribution in [0.5, 0.6) is 0 Å². The molecule has 20 heavy (non-hydrogen) atoms. The first-order chi connectivity index (χ1) is 9.47. The molecular formula is C14H12FNO3S. The lowest BCUT2D eigenvalue weighted by Crippen LogP contribution is -2.03. The molecule has 1 unspecified atom stereocenters. The van der Waals surface area contributed by atoms with E-state index in [1.54, 1.807) is 19.1 Å². The molecule has 0 saturated heterocycles. The smallest absolute Gasteiger partial charge is 0.335 e. The highest BCUT2D eigenvalue weighted by Crippen LogP contribution is 2.17. The quantitative estimate of drug-likeness (QED) is 0.940. The van der Waals surface area contributed by atoms with E-state index in [1.807, 2.05) is 0 Å². The molecule has 2 aromatic rings. The van der Waals surface area contributed by atoms with Crippen molar-refractivity contribution in [1.29, 1.82) is 0 Å². The molecule has 1 atom stereocenters. The number of benzene rings is 1. The van der Waals surface area contributed by atoms with Gasteiger partial charge in [0.2, 0.25) is 0 Å². The molecule has 0 saturated carbocycles. The zero-order valence-corrected chi connectivity index (χ0v) is 11.5. The Hall–Kier alpha value is -2.08. The zero-order chi connectivity index (χ0) is 14.7. The second kappa shape index (κ2) is 5.92. The fraction of sp³-hybridized carbons (Fsp3) is 0.143.